The Labute approximate surface area is 70.9 Å². The quantitative estimate of drug-likeness (QED) is 0.615. The Kier molecular flexibility index (Phi) is 4.43. The van der Waals surface area contributed by atoms with Crippen molar-refractivity contribution in [3.8, 4) is 0 Å². The van der Waals surface area contributed by atoms with Gasteiger partial charge in [0.2, 0.25) is 0 Å². The van der Waals surface area contributed by atoms with Gasteiger partial charge in [-0.05, 0) is 40.2 Å². The normalized spacial score (nSPS) is 11.6. The van der Waals surface area contributed by atoms with Gasteiger partial charge in [-0.1, -0.05) is 19.1 Å². The van der Waals surface area contributed by atoms with Crippen LogP contribution in [0.25, 0.3) is 0 Å². The molecule has 1 nitrogen and oxygen atoms in total. The number of hydrogen-bond acceptors (Lipinski definition) is 1. The maximum atomic E-state index is 3.95. The van der Waals surface area contributed by atoms with Gasteiger partial charge in [-0.25, -0.2) is 0 Å². The molecule has 0 spiro atoms. The minimum absolute atomic E-state index is 0.244. The van der Waals surface area contributed by atoms with Crippen molar-refractivity contribution in [3.63, 3.8) is 0 Å². The summed E-state index contributed by atoms with van der Waals surface area (Å²) in [6.07, 6.45) is 2.21. The smallest absolute Gasteiger partial charge is 0.00966 e. The predicted molar refractivity (Wildman–Crippen MR) is 51.8 cm³/mol. The SMILES string of the molecule is C=C(CC)CCNC(C)(C)C. The third-order valence-electron chi connectivity index (χ3n) is 1.63. The Morgan fingerprint density at radius 2 is 1.91 bits per heavy atom. The maximum absolute atomic E-state index is 3.95. The van der Waals surface area contributed by atoms with E-state index in [1.165, 1.54) is 5.57 Å². The molecule has 11 heavy (non-hydrogen) atoms. The fourth-order valence-corrected chi connectivity index (χ4v) is 0.791. The van der Waals surface area contributed by atoms with Gasteiger partial charge in [0.25, 0.3) is 0 Å². The van der Waals surface area contributed by atoms with Crippen LogP contribution in [0.2, 0.25) is 0 Å². The molecule has 66 valence electrons. The van der Waals surface area contributed by atoms with E-state index in [1.54, 1.807) is 0 Å². The average molecular weight is 155 g/mol. The summed E-state index contributed by atoms with van der Waals surface area (Å²) in [7, 11) is 0. The molecule has 0 rings (SSSR count). The van der Waals surface area contributed by atoms with Crippen LogP contribution in [0.5, 0.6) is 0 Å². The molecule has 0 aromatic carbocycles. The topological polar surface area (TPSA) is 12.0 Å². The van der Waals surface area contributed by atoms with Gasteiger partial charge >= 0.3 is 0 Å². The molecule has 0 saturated carbocycles. The van der Waals surface area contributed by atoms with Crippen LogP contribution in [0.1, 0.15) is 40.5 Å². The van der Waals surface area contributed by atoms with Gasteiger partial charge in [0.1, 0.15) is 0 Å². The van der Waals surface area contributed by atoms with Crippen molar-refractivity contribution in [2.75, 3.05) is 6.54 Å². The van der Waals surface area contributed by atoms with Crippen molar-refractivity contribution in [1.29, 1.82) is 0 Å². The maximum Gasteiger partial charge on any atom is 0.00966 e. The third kappa shape index (κ3) is 7.60. The molecule has 0 aromatic heterocycles. The molecule has 0 atom stereocenters. The first-order chi connectivity index (χ1) is 4.95. The van der Waals surface area contributed by atoms with Crippen LogP contribution >= 0.6 is 0 Å². The van der Waals surface area contributed by atoms with E-state index < -0.39 is 0 Å². The van der Waals surface area contributed by atoms with Crippen LogP contribution in [0.3, 0.4) is 0 Å². The monoisotopic (exact) mass is 155 g/mol. The lowest BCUT2D eigenvalue weighted by Crippen LogP contribution is -2.36. The fourth-order valence-electron chi connectivity index (χ4n) is 0.791. The van der Waals surface area contributed by atoms with Crippen molar-refractivity contribution in [3.05, 3.63) is 12.2 Å². The zero-order chi connectivity index (χ0) is 8.91. The highest BCUT2D eigenvalue weighted by atomic mass is 14.9. The molecule has 1 N–H and O–H groups in total. The van der Waals surface area contributed by atoms with Crippen molar-refractivity contribution < 1.29 is 0 Å². The van der Waals surface area contributed by atoms with E-state index in [9.17, 15) is 0 Å². The first-order valence-electron chi connectivity index (χ1n) is 4.37. The van der Waals surface area contributed by atoms with Crippen molar-refractivity contribution in [2.45, 2.75) is 46.1 Å². The van der Waals surface area contributed by atoms with Crippen molar-refractivity contribution in [2.24, 2.45) is 0 Å². The molecule has 0 bridgehead atoms. The fraction of sp³-hybridized carbons (Fsp3) is 0.800. The molecular weight excluding hydrogens is 134 g/mol. The van der Waals surface area contributed by atoms with Gasteiger partial charge in [0, 0.05) is 5.54 Å². The average Bonchev–Trinajstić information content (AvgIpc) is 1.85. The van der Waals surface area contributed by atoms with Crippen LogP contribution < -0.4 is 5.32 Å². The van der Waals surface area contributed by atoms with Gasteiger partial charge < -0.3 is 5.32 Å². The molecule has 0 aliphatic heterocycles. The van der Waals surface area contributed by atoms with Crippen LogP contribution in [-0.4, -0.2) is 12.1 Å². The summed E-state index contributed by atoms with van der Waals surface area (Å²) in [6.45, 7) is 13.7. The second kappa shape index (κ2) is 4.55. The lowest BCUT2D eigenvalue weighted by atomic mass is 10.1. The summed E-state index contributed by atoms with van der Waals surface area (Å²) >= 11 is 0. The number of nitrogens with one attached hydrogen (secondary N) is 1. The Balaban J connectivity index is 3.35. The molecule has 1 heteroatoms. The predicted octanol–water partition coefficient (Wildman–Crippen LogP) is 2.73. The molecule has 0 saturated heterocycles. The Bertz CT molecular complexity index is 119. The zero-order valence-electron chi connectivity index (χ0n) is 8.33. The summed E-state index contributed by atoms with van der Waals surface area (Å²) in [5.41, 5.74) is 1.58. The molecule has 0 aromatic rings. The van der Waals surface area contributed by atoms with E-state index >= 15 is 0 Å². The number of hydrogen-bond donors (Lipinski definition) is 1. The lowest BCUT2D eigenvalue weighted by Gasteiger charge is -2.20. The molecule has 0 unspecified atom stereocenters. The van der Waals surface area contributed by atoms with E-state index in [1.807, 2.05) is 0 Å². The molecule has 0 fully saturated rings. The summed E-state index contributed by atoms with van der Waals surface area (Å²) in [4.78, 5) is 0. The summed E-state index contributed by atoms with van der Waals surface area (Å²) < 4.78 is 0. The van der Waals surface area contributed by atoms with Gasteiger partial charge in [-0.15, -0.1) is 0 Å². The second-order valence-corrected chi connectivity index (χ2v) is 4.03. The van der Waals surface area contributed by atoms with Crippen molar-refractivity contribution in [1.82, 2.24) is 5.32 Å². The minimum atomic E-state index is 0.244. The molecule has 0 aliphatic rings. The first kappa shape index (κ1) is 10.7. The largest absolute Gasteiger partial charge is 0.312 e. The van der Waals surface area contributed by atoms with E-state index in [0.717, 1.165) is 19.4 Å². The molecule has 0 aliphatic carbocycles. The molecule has 0 heterocycles. The van der Waals surface area contributed by atoms with E-state index in [-0.39, 0.29) is 5.54 Å². The van der Waals surface area contributed by atoms with E-state index in [2.05, 4.69) is 39.6 Å². The molecule has 0 amide bonds. The van der Waals surface area contributed by atoms with Gasteiger partial charge in [0.15, 0.2) is 0 Å². The van der Waals surface area contributed by atoms with Crippen LogP contribution in [0, 0.1) is 0 Å². The lowest BCUT2D eigenvalue weighted by molar-refractivity contribution is 0.428. The van der Waals surface area contributed by atoms with Crippen LogP contribution in [0.15, 0.2) is 12.2 Å². The standard InChI is InChI=1S/C10H21N/c1-6-9(2)7-8-11-10(3,4)5/h11H,2,6-8H2,1,3-5H3. The minimum Gasteiger partial charge on any atom is -0.312 e. The molecule has 0 radical (unpaired) electrons. The van der Waals surface area contributed by atoms with Gasteiger partial charge in [0.05, 0.1) is 0 Å². The number of rotatable bonds is 4. The van der Waals surface area contributed by atoms with E-state index in [4.69, 9.17) is 0 Å². The first-order valence-corrected chi connectivity index (χ1v) is 4.37. The van der Waals surface area contributed by atoms with Gasteiger partial charge in [-0.2, -0.15) is 0 Å². The highest BCUT2D eigenvalue weighted by Crippen LogP contribution is 2.03. The van der Waals surface area contributed by atoms with E-state index in [0.29, 0.717) is 0 Å². The third-order valence-corrected chi connectivity index (χ3v) is 1.63. The Hall–Kier alpha value is -0.300. The zero-order valence-corrected chi connectivity index (χ0v) is 8.33. The second-order valence-electron chi connectivity index (χ2n) is 4.03. The summed E-state index contributed by atoms with van der Waals surface area (Å²) in [5.74, 6) is 0. The Morgan fingerprint density at radius 1 is 1.36 bits per heavy atom. The summed E-state index contributed by atoms with van der Waals surface area (Å²) in [6, 6.07) is 0. The van der Waals surface area contributed by atoms with Crippen molar-refractivity contribution >= 4 is 0 Å². The molecular formula is C10H21N. The highest BCUT2D eigenvalue weighted by Gasteiger charge is 2.06. The summed E-state index contributed by atoms with van der Waals surface area (Å²) in [5, 5.41) is 3.43. The van der Waals surface area contributed by atoms with Crippen LogP contribution in [-0.2, 0) is 0 Å². The highest BCUT2D eigenvalue weighted by molar-refractivity contribution is 4.93. The van der Waals surface area contributed by atoms with Gasteiger partial charge in [-0.3, -0.25) is 0 Å². The Morgan fingerprint density at radius 3 is 2.27 bits per heavy atom. The van der Waals surface area contributed by atoms with Crippen LogP contribution in [0.4, 0.5) is 0 Å².